The number of anilines is 1. The maximum Gasteiger partial charge on any atom is 0.407 e. The van der Waals surface area contributed by atoms with Crippen LogP contribution in [0.4, 0.5) is 10.5 Å². The van der Waals surface area contributed by atoms with E-state index >= 15 is 0 Å². The van der Waals surface area contributed by atoms with Crippen LogP contribution in [0.1, 0.15) is 47.9 Å². The van der Waals surface area contributed by atoms with Crippen molar-refractivity contribution in [1.82, 2.24) is 10.6 Å². The summed E-state index contributed by atoms with van der Waals surface area (Å²) in [5, 5.41) is 14.7. The minimum atomic E-state index is -0.927. The van der Waals surface area contributed by atoms with E-state index in [1.165, 1.54) is 5.56 Å². The lowest BCUT2D eigenvalue weighted by molar-refractivity contribution is -0.139. The van der Waals surface area contributed by atoms with Crippen LogP contribution in [0.2, 0.25) is 0 Å². The maximum absolute atomic E-state index is 13.3. The lowest BCUT2D eigenvalue weighted by atomic mass is 9.91. The van der Waals surface area contributed by atoms with E-state index in [0.717, 1.165) is 52.1 Å². The second-order valence-electron chi connectivity index (χ2n) is 11.3. The SMILES string of the molecule is Cc1cccc(OCCCC(=O)N2CCCc3c(-c4cccc(COC(=O)N[C@H]5CN[C@H](C(=O)O)C5)c4)cccc32)c1C. The van der Waals surface area contributed by atoms with Crippen LogP contribution in [0.5, 0.6) is 5.75 Å². The molecule has 9 heteroatoms. The van der Waals surface area contributed by atoms with Gasteiger partial charge >= 0.3 is 12.1 Å². The number of carboxylic acids is 1. The van der Waals surface area contributed by atoms with E-state index in [2.05, 4.69) is 29.7 Å². The van der Waals surface area contributed by atoms with Gasteiger partial charge in [-0.25, -0.2) is 4.79 Å². The molecule has 9 nitrogen and oxygen atoms in total. The highest BCUT2D eigenvalue weighted by atomic mass is 16.5. The average Bonchev–Trinajstić information content (AvgIpc) is 3.48. The number of hydrogen-bond acceptors (Lipinski definition) is 6. The molecule has 2 aliphatic heterocycles. The topological polar surface area (TPSA) is 117 Å². The third-order valence-electron chi connectivity index (χ3n) is 8.26. The Hall–Kier alpha value is -4.37. The number of ether oxygens (including phenoxy) is 2. The number of aryl methyl sites for hydroxylation is 1. The smallest absolute Gasteiger partial charge is 0.407 e. The number of hydrogen-bond donors (Lipinski definition) is 3. The number of alkyl carbamates (subject to hydrolysis) is 1. The molecule has 2 atom stereocenters. The van der Waals surface area contributed by atoms with Crippen LogP contribution in [0.3, 0.4) is 0 Å². The van der Waals surface area contributed by atoms with E-state index in [1.54, 1.807) is 0 Å². The van der Waals surface area contributed by atoms with Gasteiger partial charge in [0.2, 0.25) is 5.91 Å². The molecule has 43 heavy (non-hydrogen) atoms. The van der Waals surface area contributed by atoms with Gasteiger partial charge in [0, 0.05) is 31.2 Å². The number of amides is 2. The Morgan fingerprint density at radius 3 is 2.70 bits per heavy atom. The zero-order valence-corrected chi connectivity index (χ0v) is 24.7. The van der Waals surface area contributed by atoms with Crippen LogP contribution < -0.4 is 20.3 Å². The second-order valence-corrected chi connectivity index (χ2v) is 11.3. The fourth-order valence-electron chi connectivity index (χ4n) is 5.79. The van der Waals surface area contributed by atoms with Gasteiger partial charge in [-0.2, -0.15) is 0 Å². The highest BCUT2D eigenvalue weighted by Gasteiger charge is 2.30. The Bertz CT molecular complexity index is 1490. The Kier molecular flexibility index (Phi) is 9.61. The Labute approximate surface area is 252 Å². The number of rotatable bonds is 10. The number of carboxylic acid groups (broad SMARTS) is 1. The monoisotopic (exact) mass is 585 g/mol. The van der Waals surface area contributed by atoms with Crippen LogP contribution in [0, 0.1) is 13.8 Å². The molecular weight excluding hydrogens is 546 g/mol. The van der Waals surface area contributed by atoms with Crippen LogP contribution in [0.15, 0.2) is 60.7 Å². The Morgan fingerprint density at radius 1 is 1.07 bits per heavy atom. The van der Waals surface area contributed by atoms with E-state index in [4.69, 9.17) is 14.6 Å². The van der Waals surface area contributed by atoms with Gasteiger partial charge in [-0.3, -0.25) is 9.59 Å². The van der Waals surface area contributed by atoms with Gasteiger partial charge in [0.15, 0.2) is 0 Å². The molecule has 3 aromatic carbocycles. The third kappa shape index (κ3) is 7.35. The first-order chi connectivity index (χ1) is 20.8. The van der Waals surface area contributed by atoms with Gasteiger partial charge in [0.1, 0.15) is 18.4 Å². The summed E-state index contributed by atoms with van der Waals surface area (Å²) in [5.74, 6) is 0.0419. The first-order valence-electron chi connectivity index (χ1n) is 14.9. The number of carbonyl (C=O) groups is 3. The Morgan fingerprint density at radius 2 is 1.88 bits per heavy atom. The molecule has 3 aromatic rings. The number of aliphatic carboxylic acids is 1. The molecule has 0 aromatic heterocycles. The average molecular weight is 586 g/mol. The molecule has 1 saturated heterocycles. The molecular formula is C34H39N3O6. The molecule has 2 amide bonds. The number of fused-ring (bicyclic) bond motifs is 1. The zero-order chi connectivity index (χ0) is 30.3. The van der Waals surface area contributed by atoms with Gasteiger partial charge in [-0.15, -0.1) is 0 Å². The molecule has 2 heterocycles. The van der Waals surface area contributed by atoms with Gasteiger partial charge in [-0.1, -0.05) is 42.5 Å². The molecule has 0 bridgehead atoms. The highest BCUT2D eigenvalue weighted by Crippen LogP contribution is 2.36. The lowest BCUT2D eigenvalue weighted by Gasteiger charge is -2.31. The lowest BCUT2D eigenvalue weighted by Crippen LogP contribution is -2.36. The number of nitrogens with zero attached hydrogens (tertiary/aromatic N) is 1. The predicted octanol–water partition coefficient (Wildman–Crippen LogP) is 5.15. The van der Waals surface area contributed by atoms with Crippen LogP contribution in [0.25, 0.3) is 11.1 Å². The van der Waals surface area contributed by atoms with Crippen molar-refractivity contribution in [2.75, 3.05) is 24.6 Å². The number of nitrogens with one attached hydrogen (secondary N) is 2. The van der Waals surface area contributed by atoms with E-state index in [1.807, 2.05) is 60.4 Å². The molecule has 0 radical (unpaired) electrons. The second kappa shape index (κ2) is 13.7. The molecule has 0 aliphatic carbocycles. The molecule has 0 saturated carbocycles. The Balaban J connectivity index is 1.19. The maximum atomic E-state index is 13.3. The van der Waals surface area contributed by atoms with Crippen molar-refractivity contribution >= 4 is 23.7 Å². The van der Waals surface area contributed by atoms with Crippen molar-refractivity contribution in [2.24, 2.45) is 0 Å². The van der Waals surface area contributed by atoms with E-state index in [9.17, 15) is 14.4 Å². The van der Waals surface area contributed by atoms with Crippen LogP contribution in [-0.2, 0) is 27.4 Å². The summed E-state index contributed by atoms with van der Waals surface area (Å²) in [4.78, 5) is 38.7. The van der Waals surface area contributed by atoms with Crippen molar-refractivity contribution < 1.29 is 29.0 Å². The largest absolute Gasteiger partial charge is 0.493 e. The molecule has 5 rings (SSSR count). The molecule has 3 N–H and O–H groups in total. The fraction of sp³-hybridized carbons (Fsp3) is 0.382. The number of benzene rings is 3. The molecule has 1 fully saturated rings. The standard InChI is InChI=1S/C34H39N3O6/c1-22-8-3-14-31(23(22)2)42-17-7-15-32(38)37-16-6-12-28-27(11-5-13-30(28)37)25-10-4-9-24(18-25)21-43-34(41)36-26-19-29(33(39)40)35-20-26/h3-5,8-11,13-14,18,26,29,35H,6-7,12,15-17,19-21H2,1-2H3,(H,36,41)(H,39,40)/t26-,29+/m1/s1. The van der Waals surface area contributed by atoms with Gasteiger partial charge in [0.05, 0.1) is 6.61 Å². The van der Waals surface area contributed by atoms with Gasteiger partial charge in [-0.05, 0) is 91.1 Å². The zero-order valence-electron chi connectivity index (χ0n) is 24.7. The molecule has 0 spiro atoms. The summed E-state index contributed by atoms with van der Waals surface area (Å²) in [7, 11) is 0. The molecule has 0 unspecified atom stereocenters. The third-order valence-corrected chi connectivity index (χ3v) is 8.26. The molecule has 226 valence electrons. The summed E-state index contributed by atoms with van der Waals surface area (Å²) in [6, 6.07) is 19.0. The van der Waals surface area contributed by atoms with Crippen molar-refractivity contribution in [3.05, 3.63) is 82.9 Å². The quantitative estimate of drug-likeness (QED) is 0.282. The van der Waals surface area contributed by atoms with Crippen molar-refractivity contribution in [3.63, 3.8) is 0 Å². The van der Waals surface area contributed by atoms with Crippen LogP contribution >= 0.6 is 0 Å². The van der Waals surface area contributed by atoms with Gasteiger partial charge in [0.25, 0.3) is 0 Å². The minimum absolute atomic E-state index is 0.0892. The minimum Gasteiger partial charge on any atom is -0.493 e. The normalized spacial score (nSPS) is 17.7. The number of carbonyl (C=O) groups excluding carboxylic acids is 2. The first kappa shape index (κ1) is 30.1. The summed E-state index contributed by atoms with van der Waals surface area (Å²) in [5.41, 5.74) is 7.32. The summed E-state index contributed by atoms with van der Waals surface area (Å²) >= 11 is 0. The van der Waals surface area contributed by atoms with Crippen molar-refractivity contribution in [3.8, 4) is 16.9 Å². The predicted molar refractivity (Wildman–Crippen MR) is 164 cm³/mol. The van der Waals surface area contributed by atoms with E-state index in [-0.39, 0.29) is 18.6 Å². The summed E-state index contributed by atoms with van der Waals surface area (Å²) in [6.45, 7) is 5.77. The summed E-state index contributed by atoms with van der Waals surface area (Å²) < 4.78 is 11.4. The molecule has 2 aliphatic rings. The summed E-state index contributed by atoms with van der Waals surface area (Å²) in [6.07, 6.45) is 2.56. The fourth-order valence-corrected chi connectivity index (χ4v) is 5.79. The first-order valence-corrected chi connectivity index (χ1v) is 14.9. The van der Waals surface area contributed by atoms with E-state index in [0.29, 0.717) is 39.0 Å². The highest BCUT2D eigenvalue weighted by molar-refractivity contribution is 5.96. The van der Waals surface area contributed by atoms with Crippen molar-refractivity contribution in [2.45, 2.75) is 64.6 Å². The van der Waals surface area contributed by atoms with Crippen molar-refractivity contribution in [1.29, 1.82) is 0 Å². The van der Waals surface area contributed by atoms with Gasteiger partial charge < -0.3 is 30.1 Å². The van der Waals surface area contributed by atoms with E-state index < -0.39 is 18.1 Å². The van der Waals surface area contributed by atoms with Crippen LogP contribution in [-0.4, -0.2) is 54.9 Å².